The minimum absolute atomic E-state index is 0.00288. The van der Waals surface area contributed by atoms with E-state index in [-0.39, 0.29) is 38.9 Å². The number of amides is 1. The molecule has 118 valence electrons. The second kappa shape index (κ2) is 7.13. The van der Waals surface area contributed by atoms with Crippen LogP contribution in [-0.4, -0.2) is 30.1 Å². The zero-order valence-electron chi connectivity index (χ0n) is 12.1. The van der Waals surface area contributed by atoms with E-state index in [1.807, 2.05) is 6.07 Å². The summed E-state index contributed by atoms with van der Waals surface area (Å²) in [4.78, 5) is 20.1. The molecule has 1 amide bonds. The van der Waals surface area contributed by atoms with Gasteiger partial charge in [0.05, 0.1) is 24.8 Å². The number of nitriles is 1. The second-order valence-electron chi connectivity index (χ2n) is 4.15. The van der Waals surface area contributed by atoms with Crippen LogP contribution in [0, 0.1) is 11.3 Å². The van der Waals surface area contributed by atoms with E-state index >= 15 is 0 Å². The van der Waals surface area contributed by atoms with Crippen molar-refractivity contribution >= 4 is 34.8 Å². The minimum atomic E-state index is -0.521. The molecule has 1 aromatic heterocycles. The first-order chi connectivity index (χ1) is 11.0. The molecule has 0 saturated heterocycles. The molecule has 1 aromatic carbocycles. The summed E-state index contributed by atoms with van der Waals surface area (Å²) in [6, 6.07) is 6.20. The van der Waals surface area contributed by atoms with E-state index in [0.717, 1.165) is 0 Å². The number of benzene rings is 1. The molecule has 1 N–H and O–H groups in total. The normalized spacial score (nSPS) is 9.87. The molecule has 0 saturated carbocycles. The number of methoxy groups -OCH3 is 2. The Morgan fingerprint density at radius 2 is 2.00 bits per heavy atom. The largest absolute Gasteiger partial charge is 0.479 e. The van der Waals surface area contributed by atoms with Crippen LogP contribution in [0.2, 0.25) is 10.2 Å². The number of nitrogens with one attached hydrogen (secondary N) is 1. The fourth-order valence-corrected chi connectivity index (χ4v) is 2.04. The molecule has 0 unspecified atom stereocenters. The molecule has 23 heavy (non-hydrogen) atoms. The van der Waals surface area contributed by atoms with Gasteiger partial charge in [-0.25, -0.2) is 0 Å². The van der Waals surface area contributed by atoms with Crippen LogP contribution in [0.4, 0.5) is 5.69 Å². The van der Waals surface area contributed by atoms with Crippen LogP contribution in [0.3, 0.4) is 0 Å². The van der Waals surface area contributed by atoms with Gasteiger partial charge in [0.1, 0.15) is 11.8 Å². The lowest BCUT2D eigenvalue weighted by Gasteiger charge is -2.11. The second-order valence-corrected chi connectivity index (χ2v) is 4.91. The number of anilines is 1. The van der Waals surface area contributed by atoms with Gasteiger partial charge in [0.25, 0.3) is 5.91 Å². The predicted molar refractivity (Wildman–Crippen MR) is 84.3 cm³/mol. The minimum Gasteiger partial charge on any atom is -0.479 e. The quantitative estimate of drug-likeness (QED) is 0.849. The van der Waals surface area contributed by atoms with Gasteiger partial charge in [-0.1, -0.05) is 23.2 Å². The van der Waals surface area contributed by atoms with Crippen LogP contribution < -0.4 is 14.8 Å². The number of hydrogen-bond donors (Lipinski definition) is 1. The van der Waals surface area contributed by atoms with Crippen molar-refractivity contribution in [2.75, 3.05) is 19.5 Å². The van der Waals surface area contributed by atoms with Crippen molar-refractivity contribution in [2.24, 2.45) is 0 Å². The molecule has 0 spiro atoms. The fraction of sp³-hybridized carbons (Fsp3) is 0.143. The lowest BCUT2D eigenvalue weighted by Crippen LogP contribution is -2.14. The van der Waals surface area contributed by atoms with E-state index in [4.69, 9.17) is 37.9 Å². The third-order valence-electron chi connectivity index (χ3n) is 2.77. The van der Waals surface area contributed by atoms with Crippen molar-refractivity contribution < 1.29 is 14.3 Å². The smallest absolute Gasteiger partial charge is 0.321 e. The maximum Gasteiger partial charge on any atom is 0.321 e. The Morgan fingerprint density at radius 1 is 1.26 bits per heavy atom. The van der Waals surface area contributed by atoms with Gasteiger partial charge in [0.15, 0.2) is 5.15 Å². The van der Waals surface area contributed by atoms with Gasteiger partial charge in [0.2, 0.25) is 5.88 Å². The molecular weight excluding hydrogens is 343 g/mol. The van der Waals surface area contributed by atoms with E-state index in [0.29, 0.717) is 0 Å². The Hall–Kier alpha value is -2.56. The van der Waals surface area contributed by atoms with Crippen molar-refractivity contribution in [1.29, 1.82) is 5.26 Å². The first kappa shape index (κ1) is 16.8. The summed E-state index contributed by atoms with van der Waals surface area (Å²) in [6.45, 7) is 0. The van der Waals surface area contributed by atoms with Crippen LogP contribution in [-0.2, 0) is 0 Å². The van der Waals surface area contributed by atoms with Crippen LogP contribution in [0.15, 0.2) is 18.2 Å². The first-order valence-electron chi connectivity index (χ1n) is 6.16. The molecule has 2 aromatic rings. The van der Waals surface area contributed by atoms with Crippen LogP contribution in [0.5, 0.6) is 11.9 Å². The lowest BCUT2D eigenvalue weighted by atomic mass is 10.1. The number of hydrogen-bond acceptors (Lipinski definition) is 6. The molecule has 0 aliphatic heterocycles. The summed E-state index contributed by atoms with van der Waals surface area (Å²) in [5.74, 6) is -0.475. The number of nitrogens with zero attached hydrogens (tertiary/aromatic N) is 3. The highest BCUT2D eigenvalue weighted by Gasteiger charge is 2.18. The molecule has 0 atom stereocenters. The van der Waals surface area contributed by atoms with Gasteiger partial charge < -0.3 is 14.8 Å². The molecule has 2 rings (SSSR count). The van der Waals surface area contributed by atoms with E-state index in [1.165, 1.54) is 32.4 Å². The topological polar surface area (TPSA) is 97.1 Å². The molecule has 0 fully saturated rings. The van der Waals surface area contributed by atoms with E-state index < -0.39 is 5.91 Å². The van der Waals surface area contributed by atoms with Crippen molar-refractivity contribution in [1.82, 2.24) is 9.97 Å². The Kier molecular flexibility index (Phi) is 5.21. The first-order valence-corrected chi connectivity index (χ1v) is 6.92. The number of rotatable bonds is 4. The average Bonchev–Trinajstić information content (AvgIpc) is 2.56. The Labute approximate surface area is 141 Å². The highest BCUT2D eigenvalue weighted by Crippen LogP contribution is 2.31. The van der Waals surface area contributed by atoms with Crippen molar-refractivity contribution in [2.45, 2.75) is 0 Å². The van der Waals surface area contributed by atoms with Crippen molar-refractivity contribution in [3.05, 3.63) is 39.5 Å². The van der Waals surface area contributed by atoms with E-state index in [2.05, 4.69) is 15.3 Å². The maximum atomic E-state index is 12.3. The standard InChI is InChI=1S/C14H10Cl2N4O3/c1-22-13-10(11(16)19-14(20-13)23-2)18-12(21)7-3-4-9(15)8(5-7)6-17/h3-5H,1-2H3,(H,18,21). The summed E-state index contributed by atoms with van der Waals surface area (Å²) in [5, 5.41) is 11.7. The van der Waals surface area contributed by atoms with Crippen LogP contribution >= 0.6 is 23.2 Å². The van der Waals surface area contributed by atoms with E-state index in [1.54, 1.807) is 0 Å². The summed E-state index contributed by atoms with van der Waals surface area (Å²) in [5.41, 5.74) is 0.497. The number of carbonyl (C=O) groups is 1. The molecular formula is C14H10Cl2N4O3. The zero-order chi connectivity index (χ0) is 17.0. The monoisotopic (exact) mass is 352 g/mol. The summed E-state index contributed by atoms with van der Waals surface area (Å²) >= 11 is 11.8. The third kappa shape index (κ3) is 3.62. The highest BCUT2D eigenvalue weighted by molar-refractivity contribution is 6.33. The van der Waals surface area contributed by atoms with Gasteiger partial charge >= 0.3 is 6.01 Å². The molecule has 1 heterocycles. The Bertz CT molecular complexity index is 805. The molecule has 0 aliphatic carbocycles. The summed E-state index contributed by atoms with van der Waals surface area (Å²) in [6.07, 6.45) is 0. The van der Waals surface area contributed by atoms with Gasteiger partial charge in [-0.3, -0.25) is 4.79 Å². The number of carbonyl (C=O) groups excluding carboxylic acids is 1. The molecule has 7 nitrogen and oxygen atoms in total. The Balaban J connectivity index is 2.36. The third-order valence-corrected chi connectivity index (χ3v) is 3.38. The number of halogens is 2. The van der Waals surface area contributed by atoms with Crippen LogP contribution in [0.1, 0.15) is 15.9 Å². The van der Waals surface area contributed by atoms with Crippen molar-refractivity contribution in [3.8, 4) is 18.0 Å². The number of aromatic nitrogens is 2. The Morgan fingerprint density at radius 3 is 2.61 bits per heavy atom. The SMILES string of the molecule is COc1nc(Cl)c(NC(=O)c2ccc(Cl)c(C#N)c2)c(OC)n1. The average molecular weight is 353 g/mol. The van der Waals surface area contributed by atoms with Gasteiger partial charge in [-0.15, -0.1) is 0 Å². The van der Waals surface area contributed by atoms with Gasteiger partial charge in [-0.05, 0) is 18.2 Å². The maximum absolute atomic E-state index is 12.3. The summed E-state index contributed by atoms with van der Waals surface area (Å²) in [7, 11) is 2.74. The van der Waals surface area contributed by atoms with Crippen LogP contribution in [0.25, 0.3) is 0 Å². The van der Waals surface area contributed by atoms with Crippen molar-refractivity contribution in [3.63, 3.8) is 0 Å². The lowest BCUT2D eigenvalue weighted by molar-refractivity contribution is 0.102. The summed E-state index contributed by atoms with van der Waals surface area (Å²) < 4.78 is 9.94. The molecule has 0 bridgehead atoms. The molecule has 9 heteroatoms. The predicted octanol–water partition coefficient (Wildman–Crippen LogP) is 2.92. The van der Waals surface area contributed by atoms with Gasteiger partial charge in [-0.2, -0.15) is 15.2 Å². The molecule has 0 radical (unpaired) electrons. The fourth-order valence-electron chi connectivity index (χ4n) is 1.68. The molecule has 0 aliphatic rings. The zero-order valence-corrected chi connectivity index (χ0v) is 13.6. The highest BCUT2D eigenvalue weighted by atomic mass is 35.5. The number of ether oxygens (including phenoxy) is 2. The van der Waals surface area contributed by atoms with E-state index in [9.17, 15) is 4.79 Å². The van der Waals surface area contributed by atoms with Gasteiger partial charge in [0, 0.05) is 5.56 Å².